The molecule has 2 aromatic heterocycles. The molecule has 2 heterocycles. The molecule has 0 atom stereocenters. The molecular weight excluding hydrogens is 458 g/mol. The Bertz CT molecular complexity index is 1320. The summed E-state index contributed by atoms with van der Waals surface area (Å²) >= 11 is 7.91. The van der Waals surface area contributed by atoms with Gasteiger partial charge in [-0.05, 0) is 55.5 Å². The molecule has 8 heteroatoms. The van der Waals surface area contributed by atoms with Gasteiger partial charge in [0.1, 0.15) is 23.5 Å². The number of carboxylic acid groups (broad SMARTS) is 1. The van der Waals surface area contributed by atoms with E-state index in [1.54, 1.807) is 29.5 Å². The predicted molar refractivity (Wildman–Crippen MR) is 132 cm³/mol. The molecular formula is C25H22ClN3O3S. The molecule has 4 aromatic rings. The van der Waals surface area contributed by atoms with E-state index in [4.69, 9.17) is 16.3 Å². The van der Waals surface area contributed by atoms with Gasteiger partial charge in [0, 0.05) is 33.6 Å². The molecule has 0 bridgehead atoms. The summed E-state index contributed by atoms with van der Waals surface area (Å²) in [4.78, 5) is 20.3. The molecule has 5 rings (SSSR count). The first-order valence-electron chi connectivity index (χ1n) is 10.8. The van der Waals surface area contributed by atoms with Crippen LogP contribution in [0.15, 0.2) is 54.2 Å². The highest BCUT2D eigenvalue weighted by atomic mass is 35.5. The molecule has 0 radical (unpaired) electrons. The van der Waals surface area contributed by atoms with Crippen LogP contribution >= 0.6 is 22.9 Å². The van der Waals surface area contributed by atoms with Gasteiger partial charge in [0.25, 0.3) is 0 Å². The quantitative estimate of drug-likeness (QED) is 0.308. The maximum Gasteiger partial charge on any atom is 0.339 e. The lowest BCUT2D eigenvalue weighted by molar-refractivity contribution is 0.0680. The van der Waals surface area contributed by atoms with E-state index in [0.29, 0.717) is 23.8 Å². The number of hydrogen-bond acceptors (Lipinski definition) is 6. The number of hydrogen-bond donors (Lipinski definition) is 2. The molecule has 1 fully saturated rings. The first-order chi connectivity index (χ1) is 16.1. The Labute approximate surface area is 200 Å². The van der Waals surface area contributed by atoms with Gasteiger partial charge in [0.2, 0.25) is 0 Å². The molecule has 6 nitrogen and oxygen atoms in total. The highest BCUT2D eigenvalue weighted by Crippen LogP contribution is 2.32. The molecule has 2 N–H and O–H groups in total. The number of fused-ring (bicyclic) bond motifs is 1. The lowest BCUT2D eigenvalue weighted by Gasteiger charge is -2.27. The molecule has 0 unspecified atom stereocenters. The van der Waals surface area contributed by atoms with E-state index in [9.17, 15) is 9.90 Å². The van der Waals surface area contributed by atoms with Gasteiger partial charge in [-0.1, -0.05) is 23.7 Å². The number of thiophene rings is 1. The smallest absolute Gasteiger partial charge is 0.339 e. The van der Waals surface area contributed by atoms with E-state index >= 15 is 0 Å². The minimum atomic E-state index is -0.997. The number of aromatic nitrogens is 2. The first-order valence-corrected chi connectivity index (χ1v) is 12.1. The topological polar surface area (TPSA) is 84.3 Å². The van der Waals surface area contributed by atoms with Crippen LogP contribution in [-0.4, -0.2) is 33.7 Å². The van der Waals surface area contributed by atoms with Gasteiger partial charge in [-0.25, -0.2) is 14.8 Å². The molecule has 168 valence electrons. The minimum absolute atomic E-state index is 0.0872. The third kappa shape index (κ3) is 4.79. The highest BCUT2D eigenvalue weighted by molar-refractivity contribution is 7.17. The summed E-state index contributed by atoms with van der Waals surface area (Å²) in [5.74, 6) is 0.0987. The number of carbonyl (C=O) groups is 1. The second-order valence-electron chi connectivity index (χ2n) is 8.07. The third-order valence-corrected chi connectivity index (χ3v) is 7.24. The normalized spacial score (nSPS) is 13.6. The summed E-state index contributed by atoms with van der Waals surface area (Å²) in [6.45, 7) is 0.706. The Kier molecular flexibility index (Phi) is 6.15. The molecule has 0 spiro atoms. The third-order valence-electron chi connectivity index (χ3n) is 5.83. The van der Waals surface area contributed by atoms with Crippen molar-refractivity contribution in [2.45, 2.75) is 31.8 Å². The Morgan fingerprint density at radius 1 is 1.18 bits per heavy atom. The minimum Gasteiger partial charge on any atom is -0.490 e. The van der Waals surface area contributed by atoms with Gasteiger partial charge in [-0.2, -0.15) is 0 Å². The number of aromatic carboxylic acids is 1. The summed E-state index contributed by atoms with van der Waals surface area (Å²) in [5.41, 5.74) is 2.86. The van der Waals surface area contributed by atoms with Crippen LogP contribution in [0.3, 0.4) is 0 Å². The Hall–Kier alpha value is -3.16. The van der Waals surface area contributed by atoms with Gasteiger partial charge >= 0.3 is 5.97 Å². The van der Waals surface area contributed by atoms with Crippen LogP contribution < -0.4 is 10.1 Å². The number of nitrogens with zero attached hydrogens (tertiary/aromatic N) is 2. The Morgan fingerprint density at radius 3 is 2.85 bits per heavy atom. The van der Waals surface area contributed by atoms with E-state index in [0.717, 1.165) is 41.7 Å². The van der Waals surface area contributed by atoms with Crippen molar-refractivity contribution in [2.75, 3.05) is 11.9 Å². The van der Waals surface area contributed by atoms with Crippen LogP contribution in [0.5, 0.6) is 5.75 Å². The first kappa shape index (κ1) is 21.7. The van der Waals surface area contributed by atoms with Crippen molar-refractivity contribution in [3.05, 3.63) is 70.3 Å². The molecule has 2 aromatic carbocycles. The number of benzene rings is 2. The largest absolute Gasteiger partial charge is 0.490 e. The van der Waals surface area contributed by atoms with Crippen molar-refractivity contribution in [1.82, 2.24) is 9.97 Å². The van der Waals surface area contributed by atoms with Crippen LogP contribution in [-0.2, 0) is 6.42 Å². The summed E-state index contributed by atoms with van der Waals surface area (Å²) < 4.78 is 7.12. The van der Waals surface area contributed by atoms with E-state index in [2.05, 4.69) is 33.5 Å². The number of ether oxygens (including phenoxy) is 1. The van der Waals surface area contributed by atoms with Gasteiger partial charge in [0.15, 0.2) is 0 Å². The van der Waals surface area contributed by atoms with Crippen molar-refractivity contribution >= 4 is 44.8 Å². The van der Waals surface area contributed by atoms with Crippen LogP contribution in [0, 0.1) is 0 Å². The maximum atomic E-state index is 11.6. The van der Waals surface area contributed by atoms with E-state index in [-0.39, 0.29) is 11.7 Å². The van der Waals surface area contributed by atoms with Gasteiger partial charge < -0.3 is 15.2 Å². The van der Waals surface area contributed by atoms with Crippen molar-refractivity contribution in [3.63, 3.8) is 0 Å². The summed E-state index contributed by atoms with van der Waals surface area (Å²) in [6, 6.07) is 13.3. The fourth-order valence-corrected chi connectivity index (χ4v) is 4.92. The monoisotopic (exact) mass is 479 g/mol. The van der Waals surface area contributed by atoms with Gasteiger partial charge in [-0.3, -0.25) is 0 Å². The number of anilines is 1. The van der Waals surface area contributed by atoms with E-state index in [1.165, 1.54) is 16.6 Å². The zero-order chi connectivity index (χ0) is 22.8. The van der Waals surface area contributed by atoms with Crippen molar-refractivity contribution in [3.8, 4) is 17.0 Å². The van der Waals surface area contributed by atoms with Crippen molar-refractivity contribution in [1.29, 1.82) is 0 Å². The number of nitrogens with one attached hydrogen (secondary N) is 1. The molecule has 0 saturated heterocycles. The maximum absolute atomic E-state index is 11.6. The van der Waals surface area contributed by atoms with Crippen LogP contribution in [0.4, 0.5) is 5.82 Å². The van der Waals surface area contributed by atoms with Crippen molar-refractivity contribution < 1.29 is 14.6 Å². The summed E-state index contributed by atoms with van der Waals surface area (Å²) in [7, 11) is 0. The fraction of sp³-hybridized carbons (Fsp3) is 0.240. The van der Waals surface area contributed by atoms with Crippen LogP contribution in [0.2, 0.25) is 5.02 Å². The molecule has 1 aliphatic rings. The summed E-state index contributed by atoms with van der Waals surface area (Å²) in [5, 5.41) is 16.7. The Morgan fingerprint density at radius 2 is 2.06 bits per heavy atom. The lowest BCUT2D eigenvalue weighted by atomic mass is 9.96. The molecule has 0 amide bonds. The number of halogens is 1. The fourth-order valence-electron chi connectivity index (χ4n) is 3.77. The summed E-state index contributed by atoms with van der Waals surface area (Å²) in [6.07, 6.45) is 5.44. The standard InChI is InChI=1S/C25H22ClN3O3S/c26-20-13-33-23-7-4-15(10-19(20)23)8-9-27-24-12-21(28-14-29-24)16-5-6-18(25(30)31)22(11-16)32-17-2-1-3-17/h4-7,10-14,17H,1-3,8-9H2,(H,30,31)(H,27,28,29). The zero-order valence-electron chi connectivity index (χ0n) is 17.8. The predicted octanol–water partition coefficient (Wildman–Crippen LogP) is 6.30. The zero-order valence-corrected chi connectivity index (χ0v) is 19.3. The highest BCUT2D eigenvalue weighted by Gasteiger charge is 2.22. The molecule has 33 heavy (non-hydrogen) atoms. The van der Waals surface area contributed by atoms with Crippen LogP contribution in [0.25, 0.3) is 21.3 Å². The second-order valence-corrected chi connectivity index (χ2v) is 9.38. The van der Waals surface area contributed by atoms with Crippen molar-refractivity contribution in [2.24, 2.45) is 0 Å². The van der Waals surface area contributed by atoms with E-state index < -0.39 is 5.97 Å². The average molecular weight is 480 g/mol. The molecule has 0 aliphatic heterocycles. The average Bonchev–Trinajstić information content (AvgIpc) is 3.16. The molecule has 1 aliphatic carbocycles. The second kappa shape index (κ2) is 9.37. The Balaban J connectivity index is 1.29. The van der Waals surface area contributed by atoms with Crippen LogP contribution in [0.1, 0.15) is 35.2 Å². The number of carboxylic acids is 1. The molecule has 1 saturated carbocycles. The lowest BCUT2D eigenvalue weighted by Crippen LogP contribution is -2.25. The SMILES string of the molecule is O=C(O)c1ccc(-c2cc(NCCc3ccc4scc(Cl)c4c3)ncn2)cc1OC1CCC1. The van der Waals surface area contributed by atoms with Gasteiger partial charge in [0.05, 0.1) is 16.8 Å². The van der Waals surface area contributed by atoms with Gasteiger partial charge in [-0.15, -0.1) is 11.3 Å². The van der Waals surface area contributed by atoms with E-state index in [1.807, 2.05) is 11.4 Å². The number of rotatable bonds is 8.